The van der Waals surface area contributed by atoms with Crippen LogP contribution in [0.15, 0.2) is 59.1 Å². The van der Waals surface area contributed by atoms with E-state index in [4.69, 9.17) is 0 Å². The number of sulfonamides is 1. The second-order valence-electron chi connectivity index (χ2n) is 7.75. The first kappa shape index (κ1) is 25.9. The number of nitrogens with one attached hydrogen (secondary N) is 1. The predicted octanol–water partition coefficient (Wildman–Crippen LogP) is 3.55. The molecule has 0 fully saturated rings. The van der Waals surface area contributed by atoms with Crippen LogP contribution >= 0.6 is 15.9 Å². The van der Waals surface area contributed by atoms with Crippen LogP contribution in [0.25, 0.3) is 0 Å². The van der Waals surface area contributed by atoms with Crippen LogP contribution in [0, 0.1) is 0 Å². The average molecular weight is 524 g/mol. The van der Waals surface area contributed by atoms with Gasteiger partial charge in [-0.05, 0) is 50.1 Å². The van der Waals surface area contributed by atoms with Gasteiger partial charge in [-0.25, -0.2) is 8.42 Å². The monoisotopic (exact) mass is 523 g/mol. The third kappa shape index (κ3) is 7.34. The quantitative estimate of drug-likeness (QED) is 0.515. The highest BCUT2D eigenvalue weighted by Gasteiger charge is 2.30. The fourth-order valence-corrected chi connectivity index (χ4v) is 4.16. The molecule has 0 saturated carbocycles. The molecule has 0 heterocycles. The lowest BCUT2D eigenvalue weighted by Gasteiger charge is -2.32. The highest BCUT2D eigenvalue weighted by atomic mass is 79.9. The molecule has 0 aliphatic heterocycles. The molecule has 0 aliphatic rings. The Hall–Kier alpha value is -2.39. The Morgan fingerprint density at radius 3 is 2.16 bits per heavy atom. The number of carbonyl (C=O) groups excluding carboxylic acids is 2. The zero-order valence-corrected chi connectivity index (χ0v) is 21.2. The van der Waals surface area contributed by atoms with Crippen LogP contribution in [0.5, 0.6) is 0 Å². The lowest BCUT2D eigenvalue weighted by atomic mass is 10.1. The van der Waals surface area contributed by atoms with Crippen molar-refractivity contribution in [1.29, 1.82) is 0 Å². The minimum absolute atomic E-state index is 0.0357. The summed E-state index contributed by atoms with van der Waals surface area (Å²) in [5.41, 5.74) is 1.22. The van der Waals surface area contributed by atoms with Crippen molar-refractivity contribution in [2.24, 2.45) is 0 Å². The molecule has 1 N–H and O–H groups in total. The number of amides is 2. The van der Waals surface area contributed by atoms with Gasteiger partial charge in [-0.2, -0.15) is 0 Å². The van der Waals surface area contributed by atoms with E-state index in [0.717, 1.165) is 27.0 Å². The molecule has 0 unspecified atom stereocenters. The molecule has 0 radical (unpaired) electrons. The molecule has 174 valence electrons. The Labute approximate surface area is 199 Å². The van der Waals surface area contributed by atoms with E-state index < -0.39 is 28.5 Å². The second-order valence-corrected chi connectivity index (χ2v) is 10.6. The Kier molecular flexibility index (Phi) is 9.27. The molecule has 0 spiro atoms. The summed E-state index contributed by atoms with van der Waals surface area (Å²) in [6.45, 7) is 5.28. The minimum Gasteiger partial charge on any atom is -0.352 e. The number of hydrogen-bond acceptors (Lipinski definition) is 4. The Morgan fingerprint density at radius 2 is 1.62 bits per heavy atom. The summed E-state index contributed by atoms with van der Waals surface area (Å²) in [5.74, 6) is -0.746. The second kappa shape index (κ2) is 11.5. The highest BCUT2D eigenvalue weighted by Crippen LogP contribution is 2.19. The molecular formula is C23H30BrN3O4S. The number of carbonyl (C=O) groups is 2. The summed E-state index contributed by atoms with van der Waals surface area (Å²) in [7, 11) is -3.71. The molecule has 2 aromatic carbocycles. The van der Waals surface area contributed by atoms with E-state index in [2.05, 4.69) is 21.2 Å². The van der Waals surface area contributed by atoms with Crippen molar-refractivity contribution in [3.05, 3.63) is 64.6 Å². The molecule has 2 rings (SSSR count). The smallest absolute Gasteiger partial charge is 0.244 e. The van der Waals surface area contributed by atoms with Gasteiger partial charge in [0.2, 0.25) is 21.8 Å². The molecule has 0 aliphatic carbocycles. The average Bonchev–Trinajstić information content (AvgIpc) is 2.76. The fraction of sp³-hybridized carbons (Fsp3) is 0.391. The van der Waals surface area contributed by atoms with E-state index in [0.29, 0.717) is 5.69 Å². The SMILES string of the molecule is CC[C@H](C)NC(=O)[C@@H](C)N(Cc1ccc(Br)cc1)C(=O)CN(c1ccccc1)S(C)(=O)=O. The fourth-order valence-electron chi connectivity index (χ4n) is 3.04. The van der Waals surface area contributed by atoms with E-state index >= 15 is 0 Å². The first-order valence-electron chi connectivity index (χ1n) is 10.4. The van der Waals surface area contributed by atoms with Gasteiger partial charge in [-0.3, -0.25) is 13.9 Å². The first-order chi connectivity index (χ1) is 15.0. The first-order valence-corrected chi connectivity index (χ1v) is 13.0. The summed E-state index contributed by atoms with van der Waals surface area (Å²) >= 11 is 3.39. The van der Waals surface area contributed by atoms with Crippen LogP contribution in [0.1, 0.15) is 32.8 Å². The van der Waals surface area contributed by atoms with E-state index in [-0.39, 0.29) is 18.5 Å². The Bertz CT molecular complexity index is 1010. The van der Waals surface area contributed by atoms with E-state index in [1.807, 2.05) is 38.1 Å². The van der Waals surface area contributed by atoms with Gasteiger partial charge in [0.1, 0.15) is 12.6 Å². The van der Waals surface area contributed by atoms with Crippen molar-refractivity contribution in [2.75, 3.05) is 17.1 Å². The normalized spacial score (nSPS) is 13.2. The van der Waals surface area contributed by atoms with Crippen LogP contribution in [0.4, 0.5) is 5.69 Å². The largest absolute Gasteiger partial charge is 0.352 e. The van der Waals surface area contributed by atoms with Gasteiger partial charge in [-0.15, -0.1) is 0 Å². The summed E-state index contributed by atoms with van der Waals surface area (Å²) in [5, 5.41) is 2.90. The van der Waals surface area contributed by atoms with Gasteiger partial charge < -0.3 is 10.2 Å². The summed E-state index contributed by atoms with van der Waals surface area (Å²) in [6, 6.07) is 15.1. The van der Waals surface area contributed by atoms with Gasteiger partial charge in [0.25, 0.3) is 0 Å². The van der Waals surface area contributed by atoms with Gasteiger partial charge >= 0.3 is 0 Å². The molecule has 32 heavy (non-hydrogen) atoms. The van der Waals surface area contributed by atoms with Gasteiger partial charge in [0, 0.05) is 17.1 Å². The summed E-state index contributed by atoms with van der Waals surface area (Å²) < 4.78 is 26.8. The van der Waals surface area contributed by atoms with Crippen molar-refractivity contribution in [2.45, 2.75) is 45.8 Å². The van der Waals surface area contributed by atoms with Crippen LogP contribution in [-0.4, -0.2) is 50.0 Å². The Balaban J connectivity index is 2.34. The molecule has 2 amide bonds. The standard InChI is InChI=1S/C23H30BrN3O4S/c1-5-17(2)25-23(29)18(3)26(15-19-11-13-20(24)14-12-19)22(28)16-27(32(4,30)31)21-9-7-6-8-10-21/h6-14,17-18H,5,15-16H2,1-4H3,(H,25,29)/t17-,18+/m0/s1. The number of nitrogens with zero attached hydrogens (tertiary/aromatic N) is 2. The summed E-state index contributed by atoms with van der Waals surface area (Å²) in [4.78, 5) is 27.6. The maximum absolute atomic E-state index is 13.4. The van der Waals surface area contributed by atoms with Crippen LogP contribution in [-0.2, 0) is 26.2 Å². The number of halogens is 1. The molecule has 2 atom stereocenters. The van der Waals surface area contributed by atoms with Crippen molar-refractivity contribution < 1.29 is 18.0 Å². The number of benzene rings is 2. The van der Waals surface area contributed by atoms with Crippen LogP contribution in [0.3, 0.4) is 0 Å². The number of anilines is 1. The van der Waals surface area contributed by atoms with Crippen LogP contribution in [0.2, 0.25) is 0 Å². The molecule has 0 bridgehead atoms. The maximum atomic E-state index is 13.4. The third-order valence-electron chi connectivity index (χ3n) is 5.16. The number of para-hydroxylation sites is 1. The molecule has 7 nitrogen and oxygen atoms in total. The van der Waals surface area contributed by atoms with E-state index in [1.165, 1.54) is 4.90 Å². The molecule has 0 aromatic heterocycles. The van der Waals surface area contributed by atoms with E-state index in [1.54, 1.807) is 37.3 Å². The van der Waals surface area contributed by atoms with Gasteiger partial charge in [0.15, 0.2) is 0 Å². The van der Waals surface area contributed by atoms with E-state index in [9.17, 15) is 18.0 Å². The zero-order valence-electron chi connectivity index (χ0n) is 18.8. The molecule has 9 heteroatoms. The van der Waals surface area contributed by atoms with Crippen molar-refractivity contribution >= 4 is 43.5 Å². The van der Waals surface area contributed by atoms with Crippen molar-refractivity contribution in [3.63, 3.8) is 0 Å². The topological polar surface area (TPSA) is 86.8 Å². The van der Waals surface area contributed by atoms with Gasteiger partial charge in [-0.1, -0.05) is 53.2 Å². The molecule has 0 saturated heterocycles. The lowest BCUT2D eigenvalue weighted by Crippen LogP contribution is -2.52. The third-order valence-corrected chi connectivity index (χ3v) is 6.83. The minimum atomic E-state index is -3.71. The molecular weight excluding hydrogens is 494 g/mol. The zero-order chi connectivity index (χ0) is 23.9. The van der Waals surface area contributed by atoms with Crippen molar-refractivity contribution in [3.8, 4) is 0 Å². The number of hydrogen-bond donors (Lipinski definition) is 1. The highest BCUT2D eigenvalue weighted by molar-refractivity contribution is 9.10. The maximum Gasteiger partial charge on any atom is 0.244 e. The lowest BCUT2D eigenvalue weighted by molar-refractivity contribution is -0.139. The van der Waals surface area contributed by atoms with Gasteiger partial charge in [0.05, 0.1) is 11.9 Å². The summed E-state index contributed by atoms with van der Waals surface area (Å²) in [6.07, 6.45) is 1.82. The van der Waals surface area contributed by atoms with Crippen molar-refractivity contribution in [1.82, 2.24) is 10.2 Å². The molecule has 2 aromatic rings. The van der Waals surface area contributed by atoms with Crippen LogP contribution < -0.4 is 9.62 Å². The Morgan fingerprint density at radius 1 is 1.03 bits per heavy atom. The number of rotatable bonds is 10. The predicted molar refractivity (Wildman–Crippen MR) is 131 cm³/mol.